The van der Waals surface area contributed by atoms with E-state index in [9.17, 15) is 14.7 Å². The van der Waals surface area contributed by atoms with Gasteiger partial charge in [0.2, 0.25) is 5.91 Å². The first-order valence-electron chi connectivity index (χ1n) is 13.6. The molecule has 1 aliphatic carbocycles. The summed E-state index contributed by atoms with van der Waals surface area (Å²) in [6.45, 7) is 0.523. The number of carbonyl (C=O) groups is 2. The number of methoxy groups -OCH3 is 1. The van der Waals surface area contributed by atoms with Crippen LogP contribution < -0.4 is 9.47 Å². The first-order chi connectivity index (χ1) is 19.0. The van der Waals surface area contributed by atoms with Gasteiger partial charge in [0, 0.05) is 24.6 Å². The molecule has 1 N–H and O–H groups in total. The second-order valence-electron chi connectivity index (χ2n) is 10.5. The number of amides is 1. The summed E-state index contributed by atoms with van der Waals surface area (Å²) in [5.74, 6) is -0.117. The molecular formula is C32H36N2O5. The largest absolute Gasteiger partial charge is 0.493 e. The molecule has 39 heavy (non-hydrogen) atoms. The number of carbonyl (C=O) groups excluding carboxylic acids is 1. The average molecular weight is 529 g/mol. The van der Waals surface area contributed by atoms with Gasteiger partial charge in [-0.05, 0) is 42.6 Å². The van der Waals surface area contributed by atoms with Gasteiger partial charge in [0.05, 0.1) is 7.11 Å². The highest BCUT2D eigenvalue weighted by Crippen LogP contribution is 2.40. The maximum Gasteiger partial charge on any atom is 0.326 e. The molecule has 1 saturated carbocycles. The van der Waals surface area contributed by atoms with Gasteiger partial charge in [-0.3, -0.25) is 9.69 Å². The summed E-state index contributed by atoms with van der Waals surface area (Å²) < 4.78 is 11.8. The van der Waals surface area contributed by atoms with E-state index in [0.29, 0.717) is 24.1 Å². The van der Waals surface area contributed by atoms with Gasteiger partial charge in [0.15, 0.2) is 11.5 Å². The standard InChI is InChI=1S/C32H36N2O5/c1-33(25-15-9-10-16-25)29(23-13-7-4-8-14-23)31(35)34-20-24-17-18-28(38-2)30(26(24)19-27(34)32(36)37)39-21-22-11-5-3-6-12-22/h3-8,11-14,17-18,25,27,29H,9-10,15-16,19-21H2,1-2H3,(H,36,37)/t27-,29+/m1/s1. The van der Waals surface area contributed by atoms with Gasteiger partial charge in [-0.25, -0.2) is 4.79 Å². The molecule has 3 aromatic carbocycles. The average Bonchev–Trinajstić information content (AvgIpc) is 3.51. The number of fused-ring (bicyclic) bond motifs is 1. The molecule has 1 heterocycles. The number of hydrogen-bond donors (Lipinski definition) is 1. The number of likely N-dealkylation sites (N-methyl/N-ethyl adjacent to an activating group) is 1. The normalized spacial score (nSPS) is 18.0. The molecule has 7 nitrogen and oxygen atoms in total. The Morgan fingerprint density at radius 3 is 2.31 bits per heavy atom. The van der Waals surface area contributed by atoms with Crippen LogP contribution in [0.1, 0.15) is 54.0 Å². The fourth-order valence-corrected chi connectivity index (χ4v) is 5.98. The van der Waals surface area contributed by atoms with E-state index >= 15 is 0 Å². The second-order valence-corrected chi connectivity index (χ2v) is 10.5. The molecule has 7 heteroatoms. The molecule has 1 fully saturated rings. The van der Waals surface area contributed by atoms with Gasteiger partial charge in [0.25, 0.3) is 0 Å². The number of ether oxygens (including phenoxy) is 2. The lowest BCUT2D eigenvalue weighted by molar-refractivity contribution is -0.154. The van der Waals surface area contributed by atoms with E-state index in [1.54, 1.807) is 12.0 Å². The molecule has 2 atom stereocenters. The van der Waals surface area contributed by atoms with Crippen LogP contribution in [-0.2, 0) is 29.2 Å². The molecule has 0 radical (unpaired) electrons. The minimum absolute atomic E-state index is 0.145. The smallest absolute Gasteiger partial charge is 0.326 e. The van der Waals surface area contributed by atoms with Crippen LogP contribution in [0.2, 0.25) is 0 Å². The van der Waals surface area contributed by atoms with E-state index in [1.807, 2.05) is 79.8 Å². The highest BCUT2D eigenvalue weighted by molar-refractivity contribution is 5.89. The number of rotatable bonds is 9. The zero-order valence-electron chi connectivity index (χ0n) is 22.6. The Balaban J connectivity index is 1.48. The van der Waals surface area contributed by atoms with E-state index in [2.05, 4.69) is 4.90 Å². The van der Waals surface area contributed by atoms with Crippen LogP contribution in [0.25, 0.3) is 0 Å². The van der Waals surface area contributed by atoms with Gasteiger partial charge in [-0.2, -0.15) is 0 Å². The number of aliphatic carboxylic acids is 1. The summed E-state index contributed by atoms with van der Waals surface area (Å²) in [7, 11) is 3.58. The van der Waals surface area contributed by atoms with Crippen molar-refractivity contribution in [1.82, 2.24) is 9.80 Å². The Labute approximate surface area is 230 Å². The Bertz CT molecular complexity index is 1290. The summed E-state index contributed by atoms with van der Waals surface area (Å²) in [5, 5.41) is 10.3. The van der Waals surface area contributed by atoms with Crippen LogP contribution >= 0.6 is 0 Å². The minimum Gasteiger partial charge on any atom is -0.493 e. The fraction of sp³-hybridized carbons (Fsp3) is 0.375. The second kappa shape index (κ2) is 11.9. The van der Waals surface area contributed by atoms with Crippen molar-refractivity contribution in [3.05, 3.63) is 95.1 Å². The predicted octanol–water partition coefficient (Wildman–Crippen LogP) is 5.23. The SMILES string of the molecule is COc1ccc2c(c1OCc1ccccc1)C[C@H](C(=O)O)N(C(=O)[C@H](c1ccccc1)N(C)C1CCCC1)C2. The van der Waals surface area contributed by atoms with Crippen molar-refractivity contribution in [2.45, 2.75) is 63.4 Å². The van der Waals surface area contributed by atoms with E-state index in [0.717, 1.165) is 47.9 Å². The maximum atomic E-state index is 14.3. The van der Waals surface area contributed by atoms with Gasteiger partial charge in [0.1, 0.15) is 18.7 Å². The molecule has 1 aliphatic heterocycles. The van der Waals surface area contributed by atoms with Gasteiger partial charge >= 0.3 is 5.97 Å². The molecular weight excluding hydrogens is 492 g/mol. The Hall–Kier alpha value is -3.84. The Kier molecular flexibility index (Phi) is 8.17. The molecule has 0 spiro atoms. The molecule has 5 rings (SSSR count). The van der Waals surface area contributed by atoms with Crippen LogP contribution in [0.15, 0.2) is 72.8 Å². The van der Waals surface area contributed by atoms with Crippen molar-refractivity contribution in [1.29, 1.82) is 0 Å². The third kappa shape index (κ3) is 5.64. The predicted molar refractivity (Wildman–Crippen MR) is 149 cm³/mol. The van der Waals surface area contributed by atoms with E-state index in [-0.39, 0.29) is 18.9 Å². The first-order valence-corrected chi connectivity index (χ1v) is 13.6. The lowest BCUT2D eigenvalue weighted by atomic mass is 9.91. The minimum atomic E-state index is -1.03. The monoisotopic (exact) mass is 528 g/mol. The van der Waals surface area contributed by atoms with Crippen LogP contribution in [0.4, 0.5) is 0 Å². The lowest BCUT2D eigenvalue weighted by Crippen LogP contribution is -2.53. The summed E-state index contributed by atoms with van der Waals surface area (Å²) in [4.78, 5) is 30.6. The number of carboxylic acids is 1. The third-order valence-corrected chi connectivity index (χ3v) is 8.11. The molecule has 204 valence electrons. The lowest BCUT2D eigenvalue weighted by Gasteiger charge is -2.40. The Morgan fingerprint density at radius 1 is 1.00 bits per heavy atom. The fourth-order valence-electron chi connectivity index (χ4n) is 5.98. The number of hydrogen-bond acceptors (Lipinski definition) is 5. The van der Waals surface area contributed by atoms with Crippen molar-refractivity contribution in [2.24, 2.45) is 0 Å². The Morgan fingerprint density at radius 2 is 1.67 bits per heavy atom. The van der Waals surface area contributed by atoms with Crippen LogP contribution in [0, 0.1) is 0 Å². The van der Waals surface area contributed by atoms with Crippen molar-refractivity contribution >= 4 is 11.9 Å². The quantitative estimate of drug-likeness (QED) is 0.410. The van der Waals surface area contributed by atoms with Crippen molar-refractivity contribution in [3.8, 4) is 11.5 Å². The van der Waals surface area contributed by atoms with Gasteiger partial charge in [-0.1, -0.05) is 79.6 Å². The molecule has 3 aromatic rings. The zero-order chi connectivity index (χ0) is 27.4. The van der Waals surface area contributed by atoms with Gasteiger partial charge in [-0.15, -0.1) is 0 Å². The first kappa shape index (κ1) is 26.8. The number of carboxylic acid groups (broad SMARTS) is 1. The van der Waals surface area contributed by atoms with Crippen LogP contribution in [0.3, 0.4) is 0 Å². The van der Waals surface area contributed by atoms with E-state index < -0.39 is 18.1 Å². The van der Waals surface area contributed by atoms with E-state index in [4.69, 9.17) is 9.47 Å². The molecule has 2 aliphatic rings. The summed E-state index contributed by atoms with van der Waals surface area (Å²) in [5.41, 5.74) is 3.54. The third-order valence-electron chi connectivity index (χ3n) is 8.11. The van der Waals surface area contributed by atoms with Crippen LogP contribution in [0.5, 0.6) is 11.5 Å². The molecule has 0 aromatic heterocycles. The topological polar surface area (TPSA) is 79.3 Å². The van der Waals surface area contributed by atoms with Crippen LogP contribution in [-0.4, -0.2) is 53.0 Å². The maximum absolute atomic E-state index is 14.3. The molecule has 0 bridgehead atoms. The molecule has 0 saturated heterocycles. The number of nitrogens with zero attached hydrogens (tertiary/aromatic N) is 2. The highest BCUT2D eigenvalue weighted by Gasteiger charge is 2.42. The number of benzene rings is 3. The summed E-state index contributed by atoms with van der Waals surface area (Å²) >= 11 is 0. The zero-order valence-corrected chi connectivity index (χ0v) is 22.6. The van der Waals surface area contributed by atoms with Crippen molar-refractivity contribution in [3.63, 3.8) is 0 Å². The van der Waals surface area contributed by atoms with Gasteiger partial charge < -0.3 is 19.5 Å². The summed E-state index contributed by atoms with van der Waals surface area (Å²) in [6.07, 6.45) is 4.52. The molecule has 1 amide bonds. The van der Waals surface area contributed by atoms with Crippen molar-refractivity contribution in [2.75, 3.05) is 14.2 Å². The highest BCUT2D eigenvalue weighted by atomic mass is 16.5. The van der Waals surface area contributed by atoms with Crippen molar-refractivity contribution < 1.29 is 24.2 Å². The molecule has 0 unspecified atom stereocenters. The summed E-state index contributed by atoms with van der Waals surface area (Å²) in [6, 6.07) is 22.0. The van der Waals surface area contributed by atoms with E-state index in [1.165, 1.54) is 0 Å².